The summed E-state index contributed by atoms with van der Waals surface area (Å²) >= 11 is 0. The molecule has 1 heterocycles. The van der Waals surface area contributed by atoms with Crippen molar-refractivity contribution in [1.82, 2.24) is 4.90 Å². The van der Waals surface area contributed by atoms with Gasteiger partial charge >= 0.3 is 0 Å². The first-order valence-corrected chi connectivity index (χ1v) is 10.3. The average Bonchev–Trinajstić information content (AvgIpc) is 2.57. The molecule has 1 saturated heterocycles. The number of ether oxygens (including phenoxy) is 1. The van der Waals surface area contributed by atoms with Gasteiger partial charge in [-0.25, -0.2) is 0 Å². The molecule has 0 spiro atoms. The standard InChI is InChI=1S/C23H37NO2/c1-16(2)23(6,25)21-24(15-18-10-8-7-9-11-18)22(4,5)19-13-12-17(3)14-20(19)26-21/h7-11,16-17,19-21,25H,12-15H2,1-6H3/t17-,19-,20-,21+,23+/m1/s1. The molecule has 0 amide bonds. The molecule has 0 radical (unpaired) electrons. The van der Waals surface area contributed by atoms with Crippen LogP contribution in [0, 0.1) is 17.8 Å². The molecule has 1 aromatic carbocycles. The van der Waals surface area contributed by atoms with Crippen molar-refractivity contribution in [2.24, 2.45) is 17.8 Å². The summed E-state index contributed by atoms with van der Waals surface area (Å²) < 4.78 is 6.68. The molecular weight excluding hydrogens is 322 g/mol. The third kappa shape index (κ3) is 3.58. The molecule has 0 bridgehead atoms. The van der Waals surface area contributed by atoms with Crippen LogP contribution in [0.1, 0.15) is 66.4 Å². The molecule has 1 aromatic rings. The summed E-state index contributed by atoms with van der Waals surface area (Å²) in [5.74, 6) is 1.35. The lowest BCUT2D eigenvalue weighted by Crippen LogP contribution is -2.70. The van der Waals surface area contributed by atoms with Crippen molar-refractivity contribution in [3.63, 3.8) is 0 Å². The van der Waals surface area contributed by atoms with Gasteiger partial charge in [-0.3, -0.25) is 4.90 Å². The molecule has 5 atom stereocenters. The van der Waals surface area contributed by atoms with Crippen LogP contribution in [-0.4, -0.2) is 33.5 Å². The molecule has 2 fully saturated rings. The number of hydrogen-bond donors (Lipinski definition) is 1. The Balaban J connectivity index is 1.97. The Morgan fingerprint density at radius 2 is 1.88 bits per heavy atom. The largest absolute Gasteiger partial charge is 0.386 e. The van der Waals surface area contributed by atoms with E-state index in [1.54, 1.807) is 0 Å². The van der Waals surface area contributed by atoms with Gasteiger partial charge in [0.2, 0.25) is 0 Å². The summed E-state index contributed by atoms with van der Waals surface area (Å²) in [4.78, 5) is 2.43. The van der Waals surface area contributed by atoms with Crippen molar-refractivity contribution in [2.75, 3.05) is 0 Å². The van der Waals surface area contributed by atoms with Gasteiger partial charge < -0.3 is 9.84 Å². The van der Waals surface area contributed by atoms with E-state index >= 15 is 0 Å². The van der Waals surface area contributed by atoms with Gasteiger partial charge in [0.05, 0.1) is 6.10 Å². The molecule has 0 unspecified atom stereocenters. The first-order valence-electron chi connectivity index (χ1n) is 10.3. The summed E-state index contributed by atoms with van der Waals surface area (Å²) in [7, 11) is 0. The van der Waals surface area contributed by atoms with E-state index in [-0.39, 0.29) is 23.8 Å². The van der Waals surface area contributed by atoms with Gasteiger partial charge in [-0.2, -0.15) is 0 Å². The fourth-order valence-corrected chi connectivity index (χ4v) is 4.85. The number of benzene rings is 1. The highest BCUT2D eigenvalue weighted by atomic mass is 16.5. The summed E-state index contributed by atoms with van der Waals surface area (Å²) in [5, 5.41) is 11.4. The van der Waals surface area contributed by atoms with Gasteiger partial charge in [-0.1, -0.05) is 57.5 Å². The monoisotopic (exact) mass is 359 g/mol. The van der Waals surface area contributed by atoms with E-state index in [9.17, 15) is 5.11 Å². The van der Waals surface area contributed by atoms with E-state index in [1.807, 2.05) is 6.92 Å². The summed E-state index contributed by atoms with van der Waals surface area (Å²) in [6.45, 7) is 14.0. The summed E-state index contributed by atoms with van der Waals surface area (Å²) in [6.07, 6.45) is 3.55. The highest BCUT2D eigenvalue weighted by Crippen LogP contribution is 2.48. The van der Waals surface area contributed by atoms with Crippen LogP contribution in [0.3, 0.4) is 0 Å². The van der Waals surface area contributed by atoms with Crippen LogP contribution in [0.2, 0.25) is 0 Å². The quantitative estimate of drug-likeness (QED) is 0.835. The maximum atomic E-state index is 11.4. The van der Waals surface area contributed by atoms with Gasteiger partial charge in [-0.05, 0) is 51.0 Å². The lowest BCUT2D eigenvalue weighted by Gasteiger charge is -2.60. The molecule has 2 aliphatic rings. The Hall–Kier alpha value is -0.900. The van der Waals surface area contributed by atoms with E-state index in [1.165, 1.54) is 18.4 Å². The van der Waals surface area contributed by atoms with E-state index in [4.69, 9.17) is 4.74 Å². The second-order valence-electron chi connectivity index (χ2n) is 9.70. The van der Waals surface area contributed by atoms with E-state index in [2.05, 4.69) is 69.9 Å². The molecule has 1 aliphatic carbocycles. The molecular formula is C23H37NO2. The van der Waals surface area contributed by atoms with Gasteiger partial charge in [0.25, 0.3) is 0 Å². The van der Waals surface area contributed by atoms with Crippen molar-refractivity contribution in [1.29, 1.82) is 0 Å². The zero-order valence-corrected chi connectivity index (χ0v) is 17.4. The zero-order valence-electron chi connectivity index (χ0n) is 17.4. The SMILES string of the molecule is CC(C)[C@](C)(O)[C@@H]1O[C@@H]2C[C@H](C)CC[C@H]2C(C)(C)N1Cc1ccccc1. The Morgan fingerprint density at radius 1 is 1.23 bits per heavy atom. The van der Waals surface area contributed by atoms with Crippen LogP contribution < -0.4 is 0 Å². The minimum Gasteiger partial charge on any atom is -0.386 e. The van der Waals surface area contributed by atoms with Crippen LogP contribution >= 0.6 is 0 Å². The topological polar surface area (TPSA) is 32.7 Å². The van der Waals surface area contributed by atoms with Gasteiger partial charge in [-0.15, -0.1) is 0 Å². The molecule has 1 N–H and O–H groups in total. The lowest BCUT2D eigenvalue weighted by molar-refractivity contribution is -0.293. The number of fused-ring (bicyclic) bond motifs is 1. The highest BCUT2D eigenvalue weighted by Gasteiger charge is 2.55. The Morgan fingerprint density at radius 3 is 2.50 bits per heavy atom. The Labute approximate surface area is 159 Å². The van der Waals surface area contributed by atoms with E-state index in [0.29, 0.717) is 11.8 Å². The third-order valence-electron chi connectivity index (χ3n) is 7.15. The summed E-state index contributed by atoms with van der Waals surface area (Å²) in [5.41, 5.74) is 0.372. The van der Waals surface area contributed by atoms with Crippen LogP contribution in [0.15, 0.2) is 30.3 Å². The van der Waals surface area contributed by atoms with Crippen LogP contribution in [-0.2, 0) is 11.3 Å². The minimum atomic E-state index is -0.891. The molecule has 3 nitrogen and oxygen atoms in total. The van der Waals surface area contributed by atoms with Crippen molar-refractivity contribution in [3.8, 4) is 0 Å². The molecule has 1 aliphatic heterocycles. The number of nitrogens with zero attached hydrogens (tertiary/aromatic N) is 1. The van der Waals surface area contributed by atoms with Crippen LogP contribution in [0.5, 0.6) is 0 Å². The van der Waals surface area contributed by atoms with Gasteiger partial charge in [0.15, 0.2) is 0 Å². The highest BCUT2D eigenvalue weighted by molar-refractivity contribution is 5.16. The molecule has 3 rings (SSSR count). The van der Waals surface area contributed by atoms with Gasteiger partial charge in [0, 0.05) is 18.0 Å². The molecule has 26 heavy (non-hydrogen) atoms. The normalized spacial score (nSPS) is 34.3. The smallest absolute Gasteiger partial charge is 0.140 e. The Bertz CT molecular complexity index is 595. The third-order valence-corrected chi connectivity index (χ3v) is 7.15. The van der Waals surface area contributed by atoms with Crippen molar-refractivity contribution in [3.05, 3.63) is 35.9 Å². The molecule has 0 aromatic heterocycles. The maximum absolute atomic E-state index is 11.4. The number of hydrogen-bond acceptors (Lipinski definition) is 3. The predicted octanol–water partition coefficient (Wildman–Crippen LogP) is 4.84. The van der Waals surface area contributed by atoms with Gasteiger partial charge in [0.1, 0.15) is 11.8 Å². The van der Waals surface area contributed by atoms with Crippen molar-refractivity contribution < 1.29 is 9.84 Å². The number of rotatable bonds is 4. The van der Waals surface area contributed by atoms with Crippen molar-refractivity contribution in [2.45, 2.75) is 90.8 Å². The predicted molar refractivity (Wildman–Crippen MR) is 107 cm³/mol. The fourth-order valence-electron chi connectivity index (χ4n) is 4.85. The lowest BCUT2D eigenvalue weighted by atomic mass is 9.68. The zero-order chi connectivity index (χ0) is 19.1. The minimum absolute atomic E-state index is 0.0115. The van der Waals surface area contributed by atoms with Crippen LogP contribution in [0.25, 0.3) is 0 Å². The molecule has 1 saturated carbocycles. The Kier molecular flexibility index (Phi) is 5.54. The average molecular weight is 360 g/mol. The second-order valence-corrected chi connectivity index (χ2v) is 9.70. The summed E-state index contributed by atoms with van der Waals surface area (Å²) in [6, 6.07) is 10.6. The number of aliphatic hydroxyl groups is 1. The van der Waals surface area contributed by atoms with E-state index < -0.39 is 5.60 Å². The maximum Gasteiger partial charge on any atom is 0.140 e. The van der Waals surface area contributed by atoms with E-state index in [0.717, 1.165) is 13.0 Å². The fraction of sp³-hybridized carbons (Fsp3) is 0.739. The first-order chi connectivity index (χ1) is 12.1. The second kappa shape index (κ2) is 7.26. The molecule has 146 valence electrons. The van der Waals surface area contributed by atoms with Crippen LogP contribution in [0.4, 0.5) is 0 Å². The van der Waals surface area contributed by atoms with Crippen molar-refractivity contribution >= 4 is 0 Å². The molecule has 3 heteroatoms. The first kappa shape index (κ1) is 19.9.